The van der Waals surface area contributed by atoms with Gasteiger partial charge >= 0.3 is 0 Å². The summed E-state index contributed by atoms with van der Waals surface area (Å²) in [6.07, 6.45) is 3.09. The second-order valence-electron chi connectivity index (χ2n) is 4.45. The minimum absolute atomic E-state index is 0.00440. The fourth-order valence-electron chi connectivity index (χ4n) is 1.52. The SMILES string of the molecule is CCCNc1ncc(F)c(NC(C)CS(C)(=O)=O)n1. The first-order chi connectivity index (χ1) is 8.81. The molecule has 1 unspecified atom stereocenters. The van der Waals surface area contributed by atoms with Crippen LogP contribution in [0.4, 0.5) is 16.2 Å². The van der Waals surface area contributed by atoms with Crippen LogP contribution in [0.2, 0.25) is 0 Å². The van der Waals surface area contributed by atoms with Gasteiger partial charge in [0, 0.05) is 18.8 Å². The van der Waals surface area contributed by atoms with Crippen molar-refractivity contribution in [3.63, 3.8) is 0 Å². The molecule has 0 aromatic carbocycles. The lowest BCUT2D eigenvalue weighted by Crippen LogP contribution is -2.26. The van der Waals surface area contributed by atoms with E-state index in [1.165, 1.54) is 0 Å². The van der Waals surface area contributed by atoms with Gasteiger partial charge in [-0.05, 0) is 13.3 Å². The summed E-state index contributed by atoms with van der Waals surface area (Å²) < 4.78 is 35.8. The number of sulfone groups is 1. The molecule has 1 atom stereocenters. The Morgan fingerprint density at radius 3 is 2.74 bits per heavy atom. The number of rotatable bonds is 7. The van der Waals surface area contributed by atoms with Crippen LogP contribution in [0.3, 0.4) is 0 Å². The molecule has 1 aromatic rings. The molecule has 0 radical (unpaired) electrons. The third-order valence-corrected chi connectivity index (χ3v) is 3.32. The number of nitrogens with one attached hydrogen (secondary N) is 2. The molecule has 1 aromatic heterocycles. The van der Waals surface area contributed by atoms with Gasteiger partial charge in [0.1, 0.15) is 9.84 Å². The molecule has 0 amide bonds. The summed E-state index contributed by atoms with van der Waals surface area (Å²) in [5.41, 5.74) is 0. The zero-order valence-corrected chi connectivity index (χ0v) is 12.1. The lowest BCUT2D eigenvalue weighted by molar-refractivity contribution is 0.595. The molecule has 108 valence electrons. The van der Waals surface area contributed by atoms with Crippen molar-refractivity contribution in [3.05, 3.63) is 12.0 Å². The van der Waals surface area contributed by atoms with Crippen molar-refractivity contribution in [1.82, 2.24) is 9.97 Å². The number of anilines is 2. The molecule has 0 saturated heterocycles. The van der Waals surface area contributed by atoms with Gasteiger partial charge in [-0.25, -0.2) is 17.8 Å². The maximum atomic E-state index is 13.5. The summed E-state index contributed by atoms with van der Waals surface area (Å²) in [6.45, 7) is 4.33. The fourth-order valence-corrected chi connectivity index (χ4v) is 2.51. The summed E-state index contributed by atoms with van der Waals surface area (Å²) in [6, 6.07) is -0.432. The molecule has 0 fully saturated rings. The second-order valence-corrected chi connectivity index (χ2v) is 6.64. The van der Waals surface area contributed by atoms with Crippen LogP contribution in [0.1, 0.15) is 20.3 Å². The van der Waals surface area contributed by atoms with E-state index in [2.05, 4.69) is 20.6 Å². The quantitative estimate of drug-likeness (QED) is 0.787. The highest BCUT2D eigenvalue weighted by molar-refractivity contribution is 7.90. The highest BCUT2D eigenvalue weighted by atomic mass is 32.2. The molecule has 8 heteroatoms. The molecule has 6 nitrogen and oxygen atoms in total. The molecule has 0 bridgehead atoms. The number of halogens is 1. The Kier molecular flexibility index (Phi) is 5.46. The Morgan fingerprint density at radius 2 is 2.16 bits per heavy atom. The topological polar surface area (TPSA) is 84.0 Å². The van der Waals surface area contributed by atoms with Crippen LogP contribution in [-0.4, -0.2) is 43.0 Å². The smallest absolute Gasteiger partial charge is 0.224 e. The summed E-state index contributed by atoms with van der Waals surface area (Å²) in [5, 5.41) is 5.67. The molecule has 19 heavy (non-hydrogen) atoms. The normalized spacial score (nSPS) is 13.1. The van der Waals surface area contributed by atoms with Gasteiger partial charge in [0.25, 0.3) is 0 Å². The minimum Gasteiger partial charge on any atom is -0.364 e. The zero-order valence-electron chi connectivity index (χ0n) is 11.3. The highest BCUT2D eigenvalue weighted by Crippen LogP contribution is 2.13. The van der Waals surface area contributed by atoms with E-state index in [-0.39, 0.29) is 11.6 Å². The third kappa shape index (κ3) is 5.82. The van der Waals surface area contributed by atoms with Gasteiger partial charge < -0.3 is 10.6 Å². The van der Waals surface area contributed by atoms with Crippen LogP contribution in [0.15, 0.2) is 6.20 Å². The Morgan fingerprint density at radius 1 is 1.47 bits per heavy atom. The number of hydrogen-bond acceptors (Lipinski definition) is 6. The van der Waals surface area contributed by atoms with Crippen LogP contribution in [-0.2, 0) is 9.84 Å². The van der Waals surface area contributed by atoms with Crippen molar-refractivity contribution in [3.8, 4) is 0 Å². The van der Waals surface area contributed by atoms with Crippen molar-refractivity contribution in [2.75, 3.05) is 29.2 Å². The van der Waals surface area contributed by atoms with Crippen molar-refractivity contribution in [2.24, 2.45) is 0 Å². The monoisotopic (exact) mass is 290 g/mol. The Balaban J connectivity index is 2.76. The predicted octanol–water partition coefficient (Wildman–Crippen LogP) is 1.28. The number of nitrogens with zero attached hydrogens (tertiary/aromatic N) is 2. The average molecular weight is 290 g/mol. The number of aromatic nitrogens is 2. The van der Waals surface area contributed by atoms with Gasteiger partial charge in [0.2, 0.25) is 5.95 Å². The van der Waals surface area contributed by atoms with Crippen LogP contribution in [0.5, 0.6) is 0 Å². The molecule has 2 N–H and O–H groups in total. The van der Waals surface area contributed by atoms with Gasteiger partial charge in [-0.1, -0.05) is 6.92 Å². The van der Waals surface area contributed by atoms with Gasteiger partial charge in [-0.3, -0.25) is 0 Å². The van der Waals surface area contributed by atoms with Crippen LogP contribution in [0, 0.1) is 5.82 Å². The van der Waals surface area contributed by atoms with E-state index in [0.29, 0.717) is 12.5 Å². The maximum absolute atomic E-state index is 13.5. The first-order valence-corrected chi connectivity index (χ1v) is 8.08. The molecule has 0 saturated carbocycles. The fraction of sp³-hybridized carbons (Fsp3) is 0.636. The summed E-state index contributed by atoms with van der Waals surface area (Å²) in [4.78, 5) is 7.78. The Hall–Kier alpha value is -1.44. The van der Waals surface area contributed by atoms with E-state index < -0.39 is 21.7 Å². The average Bonchev–Trinajstić information content (AvgIpc) is 2.27. The molecular formula is C11H19FN4O2S. The van der Waals surface area contributed by atoms with Crippen molar-refractivity contribution in [2.45, 2.75) is 26.3 Å². The molecule has 0 aliphatic heterocycles. The molecule has 1 rings (SSSR count). The molecule has 0 aliphatic rings. The highest BCUT2D eigenvalue weighted by Gasteiger charge is 2.14. The zero-order chi connectivity index (χ0) is 14.5. The standard InChI is InChI=1S/C11H19FN4O2S/c1-4-5-13-11-14-6-9(12)10(16-11)15-8(2)7-19(3,17)18/h6,8H,4-5,7H2,1-3H3,(H2,13,14,15,16). The minimum atomic E-state index is -3.12. The maximum Gasteiger partial charge on any atom is 0.224 e. The van der Waals surface area contributed by atoms with Crippen molar-refractivity contribution < 1.29 is 12.8 Å². The van der Waals surface area contributed by atoms with Crippen LogP contribution >= 0.6 is 0 Å². The predicted molar refractivity (Wildman–Crippen MR) is 73.6 cm³/mol. The summed E-state index contributed by atoms with van der Waals surface area (Å²) in [5.74, 6) is -0.377. The van der Waals surface area contributed by atoms with E-state index in [9.17, 15) is 12.8 Å². The van der Waals surface area contributed by atoms with Gasteiger partial charge in [0.05, 0.1) is 11.9 Å². The van der Waals surface area contributed by atoms with Crippen molar-refractivity contribution >= 4 is 21.6 Å². The largest absolute Gasteiger partial charge is 0.364 e. The molecular weight excluding hydrogens is 271 g/mol. The van der Waals surface area contributed by atoms with Gasteiger partial charge in [0.15, 0.2) is 11.6 Å². The third-order valence-electron chi connectivity index (χ3n) is 2.21. The number of hydrogen-bond donors (Lipinski definition) is 2. The van der Waals surface area contributed by atoms with Crippen molar-refractivity contribution in [1.29, 1.82) is 0 Å². The molecule has 0 spiro atoms. The van der Waals surface area contributed by atoms with Gasteiger partial charge in [-0.15, -0.1) is 0 Å². The Labute approximate surface area is 112 Å². The van der Waals surface area contributed by atoms with E-state index in [1.807, 2.05) is 6.92 Å². The van der Waals surface area contributed by atoms with E-state index in [1.54, 1.807) is 6.92 Å². The van der Waals surface area contributed by atoms with E-state index in [0.717, 1.165) is 18.9 Å². The lowest BCUT2D eigenvalue weighted by Gasteiger charge is -2.14. The van der Waals surface area contributed by atoms with Gasteiger partial charge in [-0.2, -0.15) is 4.98 Å². The Bertz CT molecular complexity index is 521. The van der Waals surface area contributed by atoms with E-state index >= 15 is 0 Å². The van der Waals surface area contributed by atoms with Crippen LogP contribution < -0.4 is 10.6 Å². The second kappa shape index (κ2) is 6.65. The molecule has 1 heterocycles. The van der Waals surface area contributed by atoms with Crippen LogP contribution in [0.25, 0.3) is 0 Å². The lowest BCUT2D eigenvalue weighted by atomic mass is 10.4. The summed E-state index contributed by atoms with van der Waals surface area (Å²) >= 11 is 0. The first-order valence-electron chi connectivity index (χ1n) is 6.02. The molecule has 0 aliphatic carbocycles. The first kappa shape index (κ1) is 15.6. The van der Waals surface area contributed by atoms with E-state index in [4.69, 9.17) is 0 Å². The summed E-state index contributed by atoms with van der Waals surface area (Å²) in [7, 11) is -3.12.